The number of ether oxygens (including phenoxy) is 2. The highest BCUT2D eigenvalue weighted by molar-refractivity contribution is 7.47. The van der Waals surface area contributed by atoms with Crippen molar-refractivity contribution in [2.24, 2.45) is 0 Å². The van der Waals surface area contributed by atoms with Gasteiger partial charge in [0.2, 0.25) is 0 Å². The van der Waals surface area contributed by atoms with Gasteiger partial charge in [0.1, 0.15) is 19.8 Å². The smallest absolute Gasteiger partial charge is 0.462 e. The van der Waals surface area contributed by atoms with Crippen LogP contribution in [0.4, 0.5) is 0 Å². The zero-order chi connectivity index (χ0) is 32.2. The van der Waals surface area contributed by atoms with Crippen LogP contribution in [0.5, 0.6) is 0 Å². The lowest BCUT2D eigenvalue weighted by molar-refractivity contribution is -0.870. The van der Waals surface area contributed by atoms with Gasteiger partial charge in [0.05, 0.1) is 27.7 Å². The van der Waals surface area contributed by atoms with Crippen molar-refractivity contribution in [2.45, 2.75) is 142 Å². The molecule has 0 bridgehead atoms. The fourth-order valence-corrected chi connectivity index (χ4v) is 5.04. The van der Waals surface area contributed by atoms with E-state index < -0.39 is 26.5 Å². The number of rotatable bonds is 30. The Bertz CT molecular complexity index is 768. The molecule has 0 aliphatic heterocycles. The van der Waals surface area contributed by atoms with Crippen LogP contribution >= 0.6 is 7.82 Å². The number of carbonyl (C=O) groups is 2. The van der Waals surface area contributed by atoms with E-state index in [9.17, 15) is 19.0 Å². The van der Waals surface area contributed by atoms with Crippen LogP contribution in [0, 0.1) is 0 Å². The van der Waals surface area contributed by atoms with Crippen molar-refractivity contribution in [1.29, 1.82) is 0 Å². The second kappa shape index (κ2) is 27.1. The molecule has 0 rings (SSSR count). The van der Waals surface area contributed by atoms with Gasteiger partial charge >= 0.3 is 19.8 Å². The molecule has 0 amide bonds. The molecule has 0 fully saturated rings. The van der Waals surface area contributed by atoms with Crippen LogP contribution in [0.1, 0.15) is 136 Å². The van der Waals surface area contributed by atoms with Gasteiger partial charge in [-0.3, -0.25) is 18.6 Å². The first-order valence-electron chi connectivity index (χ1n) is 16.9. The van der Waals surface area contributed by atoms with Gasteiger partial charge in [-0.05, 0) is 38.5 Å². The van der Waals surface area contributed by atoms with E-state index in [0.717, 1.165) is 64.2 Å². The van der Waals surface area contributed by atoms with Crippen molar-refractivity contribution in [3.63, 3.8) is 0 Å². The number of likely N-dealkylation sites (N-methyl/N-ethyl adjacent to an activating group) is 1. The summed E-state index contributed by atoms with van der Waals surface area (Å²) in [5.74, 6) is -0.824. The van der Waals surface area contributed by atoms with E-state index in [1.165, 1.54) is 38.5 Å². The van der Waals surface area contributed by atoms with Gasteiger partial charge in [-0.2, -0.15) is 0 Å². The van der Waals surface area contributed by atoms with Crippen LogP contribution in [-0.4, -0.2) is 74.9 Å². The Morgan fingerprint density at radius 1 is 0.698 bits per heavy atom. The third-order valence-electron chi connectivity index (χ3n) is 7.05. The zero-order valence-electron chi connectivity index (χ0n) is 28.2. The fourth-order valence-electron chi connectivity index (χ4n) is 4.30. The summed E-state index contributed by atoms with van der Waals surface area (Å²) in [6.45, 7) is 4.28. The van der Waals surface area contributed by atoms with Crippen LogP contribution in [-0.2, 0) is 32.7 Å². The van der Waals surface area contributed by atoms with E-state index >= 15 is 0 Å². The van der Waals surface area contributed by atoms with Gasteiger partial charge in [-0.15, -0.1) is 0 Å². The van der Waals surface area contributed by atoms with Crippen LogP contribution < -0.4 is 0 Å². The summed E-state index contributed by atoms with van der Waals surface area (Å²) in [6.07, 6.45) is 23.0. The SMILES string of the molecule is CCCCCCC/C=C\CCCCCCCC(=O)OC(COC(=O)CCCCCCC)COP(=O)(O)OCC[N+](C)(C)C. The largest absolute Gasteiger partial charge is 0.472 e. The summed E-state index contributed by atoms with van der Waals surface area (Å²) in [5, 5.41) is 0. The highest BCUT2D eigenvalue weighted by Gasteiger charge is 2.27. The van der Waals surface area contributed by atoms with E-state index in [4.69, 9.17) is 18.5 Å². The summed E-state index contributed by atoms with van der Waals surface area (Å²) < 4.78 is 33.8. The standard InChI is InChI=1S/C33H64NO8P/c1-6-8-10-12-13-14-15-16-17-18-19-20-22-24-26-33(36)42-31(29-39-32(35)25-23-21-11-9-7-2)30-41-43(37,38)40-28-27-34(3,4)5/h15-16,31H,6-14,17-30H2,1-5H3/p+1/b16-15-. The molecule has 0 heterocycles. The Morgan fingerprint density at radius 2 is 1.19 bits per heavy atom. The molecule has 0 aliphatic carbocycles. The topological polar surface area (TPSA) is 108 Å². The molecule has 0 aromatic rings. The van der Waals surface area contributed by atoms with Crippen molar-refractivity contribution < 1.29 is 42.1 Å². The Morgan fingerprint density at radius 3 is 1.72 bits per heavy atom. The molecular weight excluding hydrogens is 569 g/mol. The third kappa shape index (κ3) is 30.6. The number of allylic oxidation sites excluding steroid dienone is 2. The molecule has 9 nitrogen and oxygen atoms in total. The Kier molecular flexibility index (Phi) is 26.3. The maximum Gasteiger partial charge on any atom is 0.472 e. The maximum atomic E-state index is 12.5. The van der Waals surface area contributed by atoms with Crippen molar-refractivity contribution in [2.75, 3.05) is 47.5 Å². The summed E-state index contributed by atoms with van der Waals surface area (Å²) in [5.41, 5.74) is 0. The van der Waals surface area contributed by atoms with Gasteiger partial charge in [0.15, 0.2) is 6.10 Å². The number of unbranched alkanes of at least 4 members (excludes halogenated alkanes) is 14. The molecule has 2 atom stereocenters. The molecule has 0 radical (unpaired) electrons. The van der Waals surface area contributed by atoms with Crippen molar-refractivity contribution in [3.05, 3.63) is 12.2 Å². The number of nitrogens with zero attached hydrogens (tertiary/aromatic N) is 1. The van der Waals surface area contributed by atoms with Crippen molar-refractivity contribution in [3.8, 4) is 0 Å². The monoisotopic (exact) mass is 634 g/mol. The van der Waals surface area contributed by atoms with Crippen LogP contribution in [0.25, 0.3) is 0 Å². The first-order chi connectivity index (χ1) is 20.5. The second-order valence-electron chi connectivity index (χ2n) is 12.6. The number of hydrogen-bond donors (Lipinski definition) is 1. The van der Waals surface area contributed by atoms with E-state index in [2.05, 4.69) is 26.0 Å². The van der Waals surface area contributed by atoms with Gasteiger partial charge in [-0.25, -0.2) is 4.57 Å². The van der Waals surface area contributed by atoms with E-state index in [0.29, 0.717) is 17.4 Å². The van der Waals surface area contributed by atoms with Gasteiger partial charge in [-0.1, -0.05) is 96.6 Å². The molecule has 0 saturated carbocycles. The number of hydrogen-bond acceptors (Lipinski definition) is 7. The number of phosphoric ester groups is 1. The molecule has 0 aromatic carbocycles. The lowest BCUT2D eigenvalue weighted by Gasteiger charge is -2.24. The highest BCUT2D eigenvalue weighted by atomic mass is 31.2. The summed E-state index contributed by atoms with van der Waals surface area (Å²) in [6, 6.07) is 0. The van der Waals surface area contributed by atoms with Crippen LogP contribution in [0.15, 0.2) is 12.2 Å². The van der Waals surface area contributed by atoms with Gasteiger partial charge < -0.3 is 18.9 Å². The van der Waals surface area contributed by atoms with Gasteiger partial charge in [0.25, 0.3) is 0 Å². The molecule has 0 saturated heterocycles. The molecule has 0 aliphatic rings. The minimum atomic E-state index is -4.35. The number of phosphoric acid groups is 1. The molecule has 43 heavy (non-hydrogen) atoms. The Labute approximate surface area is 263 Å². The Hall–Kier alpha value is -1.25. The molecule has 254 valence electrons. The number of esters is 2. The molecule has 0 aromatic heterocycles. The predicted octanol–water partition coefficient (Wildman–Crippen LogP) is 8.29. The van der Waals surface area contributed by atoms with Crippen LogP contribution in [0.3, 0.4) is 0 Å². The first-order valence-corrected chi connectivity index (χ1v) is 18.4. The van der Waals surface area contributed by atoms with E-state index in [-0.39, 0.29) is 32.0 Å². The Balaban J connectivity index is 4.42. The minimum absolute atomic E-state index is 0.0319. The summed E-state index contributed by atoms with van der Waals surface area (Å²) >= 11 is 0. The number of quaternary nitrogens is 1. The van der Waals surface area contributed by atoms with Gasteiger partial charge in [0, 0.05) is 12.8 Å². The molecule has 2 unspecified atom stereocenters. The fraction of sp³-hybridized carbons (Fsp3) is 0.879. The molecule has 10 heteroatoms. The maximum absolute atomic E-state index is 12.5. The van der Waals surface area contributed by atoms with E-state index in [1.807, 2.05) is 21.1 Å². The lowest BCUT2D eigenvalue weighted by Crippen LogP contribution is -2.37. The zero-order valence-corrected chi connectivity index (χ0v) is 29.1. The highest BCUT2D eigenvalue weighted by Crippen LogP contribution is 2.43. The van der Waals surface area contributed by atoms with Crippen LogP contribution in [0.2, 0.25) is 0 Å². The summed E-state index contributed by atoms with van der Waals surface area (Å²) in [4.78, 5) is 34.7. The first kappa shape index (κ1) is 41.8. The number of carbonyl (C=O) groups excluding carboxylic acids is 2. The molecule has 0 spiro atoms. The molecular formula is C33H65NO8P+. The molecule has 1 N–H and O–H groups in total. The quantitative estimate of drug-likeness (QED) is 0.0276. The third-order valence-corrected chi connectivity index (χ3v) is 8.03. The normalized spacial score (nSPS) is 14.1. The second-order valence-corrected chi connectivity index (χ2v) is 14.0. The average molecular weight is 635 g/mol. The van der Waals surface area contributed by atoms with Crippen molar-refractivity contribution >= 4 is 19.8 Å². The lowest BCUT2D eigenvalue weighted by atomic mass is 10.1. The average Bonchev–Trinajstić information content (AvgIpc) is 2.93. The minimum Gasteiger partial charge on any atom is -0.462 e. The van der Waals surface area contributed by atoms with Crippen molar-refractivity contribution in [1.82, 2.24) is 0 Å². The van der Waals surface area contributed by atoms with E-state index in [1.54, 1.807) is 0 Å². The summed E-state index contributed by atoms with van der Waals surface area (Å²) in [7, 11) is 1.47. The predicted molar refractivity (Wildman–Crippen MR) is 174 cm³/mol.